The van der Waals surface area contributed by atoms with Gasteiger partial charge in [-0.25, -0.2) is 8.42 Å². The van der Waals surface area contributed by atoms with Gasteiger partial charge in [0.2, 0.25) is 0 Å². The Kier molecular flexibility index (Phi) is 4.60. The molecule has 3 heterocycles. The molecule has 0 saturated carbocycles. The lowest BCUT2D eigenvalue weighted by Gasteiger charge is -2.33. The smallest absolute Gasteiger partial charge is 0.272 e. The second kappa shape index (κ2) is 7.10. The normalized spacial score (nSPS) is 18.9. The van der Waals surface area contributed by atoms with Gasteiger partial charge in [0.05, 0.1) is 10.6 Å². The molecule has 1 fully saturated rings. The summed E-state index contributed by atoms with van der Waals surface area (Å²) in [5.74, 6) is 0. The minimum atomic E-state index is -3.89. The topological polar surface area (TPSA) is 104 Å². The van der Waals surface area contributed by atoms with Crippen molar-refractivity contribution >= 4 is 49.1 Å². The molecule has 0 spiro atoms. The first kappa shape index (κ1) is 20.1. The van der Waals surface area contributed by atoms with Gasteiger partial charge >= 0.3 is 0 Å². The van der Waals surface area contributed by atoms with E-state index in [1.165, 1.54) is 17.4 Å². The van der Waals surface area contributed by atoms with Gasteiger partial charge < -0.3 is 19.4 Å². The highest BCUT2D eigenvalue weighted by atomic mass is 35.5. The second-order valence-corrected chi connectivity index (χ2v) is 9.69. The number of ether oxygens (including phenoxy) is 2. The summed E-state index contributed by atoms with van der Waals surface area (Å²) in [5, 5.41) is 1.57. The number of aromatic amines is 2. The monoisotopic (exact) mass is 459 g/mol. The summed E-state index contributed by atoms with van der Waals surface area (Å²) in [6.45, 7) is 1.77. The van der Waals surface area contributed by atoms with Crippen molar-refractivity contribution in [1.82, 2.24) is 9.97 Å². The Morgan fingerprint density at radius 1 is 1.13 bits per heavy atom. The van der Waals surface area contributed by atoms with Crippen LogP contribution < -0.4 is 9.86 Å². The van der Waals surface area contributed by atoms with Crippen molar-refractivity contribution in [2.45, 2.75) is 24.4 Å². The van der Waals surface area contributed by atoms with E-state index in [1.54, 1.807) is 49.5 Å². The van der Waals surface area contributed by atoms with Gasteiger partial charge in [-0.05, 0) is 43.3 Å². The molecule has 0 radical (unpaired) electrons. The minimum Gasteiger partial charge on any atom is -0.356 e. The number of fused-ring (bicyclic) bond motifs is 3. The molecular formula is C21H18ClN3O5S. The first-order valence-corrected chi connectivity index (χ1v) is 11.3. The SMILES string of the molecule is CC1OC(c2c[nH]c3c(=O)[nH]c4ccc(S(=O)(=O)N(C)c5cccc(Cl)c5)cc4c23)O1. The molecule has 0 atom stereocenters. The van der Waals surface area contributed by atoms with E-state index >= 15 is 0 Å². The van der Waals surface area contributed by atoms with Crippen LogP contribution in [-0.4, -0.2) is 31.7 Å². The number of benzene rings is 2. The van der Waals surface area contributed by atoms with Gasteiger partial charge in [-0.2, -0.15) is 0 Å². The summed E-state index contributed by atoms with van der Waals surface area (Å²) < 4.78 is 39.0. The third-order valence-corrected chi connectivity index (χ3v) is 7.38. The molecule has 0 amide bonds. The highest BCUT2D eigenvalue weighted by molar-refractivity contribution is 7.92. The summed E-state index contributed by atoms with van der Waals surface area (Å²) in [4.78, 5) is 18.3. The predicted octanol–water partition coefficient (Wildman–Crippen LogP) is 3.88. The molecule has 0 aliphatic carbocycles. The lowest BCUT2D eigenvalue weighted by molar-refractivity contribution is -0.382. The Bertz CT molecular complexity index is 1490. The zero-order valence-corrected chi connectivity index (χ0v) is 18.1. The number of hydrogen-bond acceptors (Lipinski definition) is 5. The molecule has 0 unspecified atom stereocenters. The third-order valence-electron chi connectivity index (χ3n) is 5.36. The molecule has 1 aliphatic rings. The van der Waals surface area contributed by atoms with Gasteiger partial charge in [-0.15, -0.1) is 0 Å². The van der Waals surface area contributed by atoms with Crippen LogP contribution in [0.5, 0.6) is 0 Å². The number of halogens is 1. The first-order chi connectivity index (χ1) is 14.8. The molecule has 5 rings (SSSR count). The molecule has 31 heavy (non-hydrogen) atoms. The summed E-state index contributed by atoms with van der Waals surface area (Å²) in [6.07, 6.45) is 0.684. The Morgan fingerprint density at radius 3 is 2.61 bits per heavy atom. The van der Waals surface area contributed by atoms with Gasteiger partial charge in [0.15, 0.2) is 12.6 Å². The Morgan fingerprint density at radius 2 is 1.90 bits per heavy atom. The quantitative estimate of drug-likeness (QED) is 0.482. The van der Waals surface area contributed by atoms with E-state index in [9.17, 15) is 13.2 Å². The number of aromatic nitrogens is 2. The van der Waals surface area contributed by atoms with Crippen LogP contribution in [0.1, 0.15) is 18.8 Å². The van der Waals surface area contributed by atoms with Gasteiger partial charge in [-0.1, -0.05) is 17.7 Å². The lowest BCUT2D eigenvalue weighted by Crippen LogP contribution is -2.31. The Labute approximate surface area is 182 Å². The number of rotatable bonds is 4. The minimum absolute atomic E-state index is 0.0757. The average Bonchev–Trinajstić information content (AvgIpc) is 3.16. The molecule has 10 heteroatoms. The van der Waals surface area contributed by atoms with E-state index in [0.29, 0.717) is 38.1 Å². The van der Waals surface area contributed by atoms with Crippen molar-refractivity contribution < 1.29 is 17.9 Å². The van der Waals surface area contributed by atoms with Crippen molar-refractivity contribution in [3.63, 3.8) is 0 Å². The van der Waals surface area contributed by atoms with Crippen LogP contribution >= 0.6 is 11.6 Å². The van der Waals surface area contributed by atoms with E-state index in [1.807, 2.05) is 0 Å². The molecular weight excluding hydrogens is 442 g/mol. The maximum Gasteiger partial charge on any atom is 0.272 e. The number of hydrogen-bond donors (Lipinski definition) is 2. The molecule has 1 aliphatic heterocycles. The van der Waals surface area contributed by atoms with Crippen LogP contribution in [0.2, 0.25) is 5.02 Å². The van der Waals surface area contributed by atoms with Crippen LogP contribution in [0, 0.1) is 0 Å². The zero-order valence-electron chi connectivity index (χ0n) is 16.5. The zero-order chi connectivity index (χ0) is 21.9. The third kappa shape index (κ3) is 3.21. The van der Waals surface area contributed by atoms with Crippen molar-refractivity contribution in [2.75, 3.05) is 11.4 Å². The number of nitrogens with one attached hydrogen (secondary N) is 2. The van der Waals surface area contributed by atoms with Crippen molar-refractivity contribution in [3.05, 3.63) is 69.6 Å². The van der Waals surface area contributed by atoms with Crippen LogP contribution in [0.25, 0.3) is 21.8 Å². The number of H-pyrrole nitrogens is 2. The largest absolute Gasteiger partial charge is 0.356 e. The van der Waals surface area contributed by atoms with Crippen molar-refractivity contribution in [2.24, 2.45) is 0 Å². The van der Waals surface area contributed by atoms with E-state index in [2.05, 4.69) is 9.97 Å². The predicted molar refractivity (Wildman–Crippen MR) is 118 cm³/mol. The molecule has 1 saturated heterocycles. The highest BCUT2D eigenvalue weighted by Crippen LogP contribution is 2.38. The summed E-state index contributed by atoms with van der Waals surface area (Å²) in [7, 11) is -2.42. The van der Waals surface area contributed by atoms with Gasteiger partial charge in [0.1, 0.15) is 5.52 Å². The molecule has 2 aromatic carbocycles. The lowest BCUT2D eigenvalue weighted by atomic mass is 10.1. The molecule has 8 nitrogen and oxygen atoms in total. The Balaban J connectivity index is 1.69. The molecule has 4 aromatic rings. The maximum absolute atomic E-state index is 13.3. The fourth-order valence-electron chi connectivity index (χ4n) is 3.75. The van der Waals surface area contributed by atoms with Crippen molar-refractivity contribution in [1.29, 1.82) is 0 Å². The van der Waals surface area contributed by atoms with Gasteiger partial charge in [0.25, 0.3) is 15.6 Å². The van der Waals surface area contributed by atoms with Crippen LogP contribution in [0.3, 0.4) is 0 Å². The molecule has 160 valence electrons. The van der Waals surface area contributed by atoms with Gasteiger partial charge in [-0.3, -0.25) is 9.10 Å². The number of pyridine rings is 1. The summed E-state index contributed by atoms with van der Waals surface area (Å²) in [5.41, 5.74) is 1.60. The molecule has 2 aromatic heterocycles. The van der Waals surface area contributed by atoms with Crippen LogP contribution in [-0.2, 0) is 19.5 Å². The van der Waals surface area contributed by atoms with Crippen LogP contribution in [0.15, 0.2) is 58.4 Å². The average molecular weight is 460 g/mol. The number of anilines is 1. The van der Waals surface area contributed by atoms with E-state index in [-0.39, 0.29) is 16.7 Å². The van der Waals surface area contributed by atoms with E-state index < -0.39 is 16.3 Å². The standard InChI is InChI=1S/C21H18ClN3O5S/c1-11-29-21(30-11)16-10-23-19-18(16)15-9-14(6-7-17(15)24-20(19)26)31(27,28)25(2)13-5-3-4-12(22)8-13/h3-11,21,23H,1-2H3,(H,24,26). The summed E-state index contributed by atoms with van der Waals surface area (Å²) >= 11 is 6.02. The molecule has 0 bridgehead atoms. The Hall–Kier alpha value is -2.85. The van der Waals surface area contributed by atoms with Crippen molar-refractivity contribution in [3.8, 4) is 0 Å². The number of nitrogens with zero attached hydrogens (tertiary/aromatic N) is 1. The van der Waals surface area contributed by atoms with E-state index in [4.69, 9.17) is 21.1 Å². The van der Waals surface area contributed by atoms with E-state index in [0.717, 1.165) is 0 Å². The highest BCUT2D eigenvalue weighted by Gasteiger charge is 2.32. The second-order valence-electron chi connectivity index (χ2n) is 7.28. The van der Waals surface area contributed by atoms with Gasteiger partial charge in [0, 0.05) is 40.1 Å². The molecule has 2 N–H and O–H groups in total. The fraction of sp³-hybridized carbons (Fsp3) is 0.190. The fourth-order valence-corrected chi connectivity index (χ4v) is 5.15. The summed E-state index contributed by atoms with van der Waals surface area (Å²) in [6, 6.07) is 11.2. The first-order valence-electron chi connectivity index (χ1n) is 9.48. The van der Waals surface area contributed by atoms with Crippen LogP contribution in [0.4, 0.5) is 5.69 Å². The maximum atomic E-state index is 13.3. The number of sulfonamides is 1.